The lowest BCUT2D eigenvalue weighted by Gasteiger charge is -2.40. The summed E-state index contributed by atoms with van der Waals surface area (Å²) in [6.45, 7) is 8.70. The van der Waals surface area contributed by atoms with Crippen LogP contribution in [0.4, 0.5) is 5.69 Å². The van der Waals surface area contributed by atoms with Crippen molar-refractivity contribution in [3.8, 4) is 11.1 Å². The van der Waals surface area contributed by atoms with Crippen LogP contribution in [-0.4, -0.2) is 37.1 Å². The van der Waals surface area contributed by atoms with Crippen LogP contribution in [0.2, 0.25) is 5.02 Å². The summed E-state index contributed by atoms with van der Waals surface area (Å²) in [6.07, 6.45) is 0. The zero-order valence-corrected chi connectivity index (χ0v) is 22.4. The Labute approximate surface area is 221 Å². The molecule has 1 aliphatic rings. The number of anilines is 1. The van der Waals surface area contributed by atoms with Gasteiger partial charge in [0.25, 0.3) is 5.91 Å². The first-order valence-corrected chi connectivity index (χ1v) is 13.0. The van der Waals surface area contributed by atoms with Crippen LogP contribution in [0, 0.1) is 20.8 Å². The molecule has 1 amide bonds. The summed E-state index contributed by atoms with van der Waals surface area (Å²) in [7, 11) is 0. The first-order valence-electron chi connectivity index (χ1n) is 11.8. The highest BCUT2D eigenvalue weighted by molar-refractivity contribution is 8.00. The van der Waals surface area contributed by atoms with Crippen molar-refractivity contribution < 1.29 is 14.3 Å². The Kier molecular flexibility index (Phi) is 7.93. The van der Waals surface area contributed by atoms with E-state index in [9.17, 15) is 9.59 Å². The van der Waals surface area contributed by atoms with E-state index in [4.69, 9.17) is 16.3 Å². The van der Waals surface area contributed by atoms with E-state index >= 15 is 0 Å². The molecule has 1 heterocycles. The highest BCUT2D eigenvalue weighted by Gasteiger charge is 2.47. The molecule has 0 saturated carbocycles. The molecule has 3 aromatic carbocycles. The maximum Gasteiger partial charge on any atom is 0.334 e. The number of benzene rings is 3. The number of rotatable bonds is 8. The number of carbonyl (C=O) groups is 2. The average molecular weight is 524 g/mol. The van der Waals surface area contributed by atoms with Gasteiger partial charge in [-0.2, -0.15) is 0 Å². The van der Waals surface area contributed by atoms with Crippen LogP contribution in [0.15, 0.2) is 59.5 Å². The van der Waals surface area contributed by atoms with Gasteiger partial charge in [0.05, 0.1) is 6.61 Å². The maximum absolute atomic E-state index is 13.0. The van der Waals surface area contributed by atoms with E-state index in [0.29, 0.717) is 18.7 Å². The van der Waals surface area contributed by atoms with Crippen molar-refractivity contribution in [2.45, 2.75) is 38.1 Å². The van der Waals surface area contributed by atoms with E-state index in [1.807, 2.05) is 57.2 Å². The van der Waals surface area contributed by atoms with Crippen molar-refractivity contribution in [3.05, 3.63) is 81.9 Å². The van der Waals surface area contributed by atoms with Gasteiger partial charge in [0.2, 0.25) is 0 Å². The first kappa shape index (κ1) is 26.1. The zero-order chi connectivity index (χ0) is 25.9. The molecule has 188 valence electrons. The number of esters is 1. The van der Waals surface area contributed by atoms with Gasteiger partial charge in [-0.15, -0.1) is 0 Å². The summed E-state index contributed by atoms with van der Waals surface area (Å²) in [5.41, 5.74) is 5.53. The minimum atomic E-state index is -1.00. The fourth-order valence-corrected chi connectivity index (χ4v) is 5.08. The molecule has 0 radical (unpaired) electrons. The molecule has 3 aromatic rings. The van der Waals surface area contributed by atoms with Gasteiger partial charge >= 0.3 is 5.97 Å². The smallest absolute Gasteiger partial charge is 0.334 e. The normalized spacial score (nSPS) is 14.0. The van der Waals surface area contributed by atoms with Gasteiger partial charge in [0, 0.05) is 34.3 Å². The van der Waals surface area contributed by atoms with Gasteiger partial charge in [0.15, 0.2) is 5.54 Å². The second kappa shape index (κ2) is 10.9. The maximum atomic E-state index is 13.0. The predicted molar refractivity (Wildman–Crippen MR) is 147 cm³/mol. The largest absolute Gasteiger partial charge is 0.464 e. The van der Waals surface area contributed by atoms with E-state index in [1.54, 1.807) is 24.9 Å². The van der Waals surface area contributed by atoms with Crippen LogP contribution < -0.4 is 15.4 Å². The summed E-state index contributed by atoms with van der Waals surface area (Å²) in [5, 5.41) is 6.71. The lowest BCUT2D eigenvalue weighted by molar-refractivity contribution is -0.153. The Balaban J connectivity index is 1.48. The Morgan fingerprint density at radius 1 is 1.00 bits per heavy atom. The molecule has 36 heavy (non-hydrogen) atoms. The molecular weight excluding hydrogens is 494 g/mol. The minimum Gasteiger partial charge on any atom is -0.464 e. The number of hydrogen-bond acceptors (Lipinski definition) is 6. The monoisotopic (exact) mass is 523 g/mol. The molecule has 1 aliphatic heterocycles. The van der Waals surface area contributed by atoms with Gasteiger partial charge in [-0.05, 0) is 97.8 Å². The zero-order valence-electron chi connectivity index (χ0n) is 20.8. The molecule has 0 spiro atoms. The number of ether oxygens (including phenoxy) is 1. The fourth-order valence-electron chi connectivity index (χ4n) is 4.05. The second-order valence-electron chi connectivity index (χ2n) is 9.04. The van der Waals surface area contributed by atoms with Crippen LogP contribution in [0.3, 0.4) is 0 Å². The Hall–Kier alpha value is -3.00. The van der Waals surface area contributed by atoms with E-state index in [2.05, 4.69) is 27.5 Å². The molecule has 3 N–H and O–H groups in total. The van der Waals surface area contributed by atoms with Crippen LogP contribution >= 0.6 is 23.5 Å². The number of aryl methyl sites for hydroxylation is 3. The van der Waals surface area contributed by atoms with Gasteiger partial charge < -0.3 is 20.1 Å². The molecule has 8 heteroatoms. The molecule has 4 rings (SSSR count). The Morgan fingerprint density at radius 2 is 1.75 bits per heavy atom. The van der Waals surface area contributed by atoms with Crippen molar-refractivity contribution in [3.63, 3.8) is 0 Å². The molecule has 0 unspecified atom stereocenters. The molecule has 6 nitrogen and oxygen atoms in total. The summed E-state index contributed by atoms with van der Waals surface area (Å²) in [4.78, 5) is 26.5. The highest BCUT2D eigenvalue weighted by Crippen LogP contribution is 2.31. The number of carbonyl (C=O) groups excluding carboxylic acids is 2. The van der Waals surface area contributed by atoms with Crippen molar-refractivity contribution in [1.82, 2.24) is 10.6 Å². The molecule has 0 atom stereocenters. The van der Waals surface area contributed by atoms with Gasteiger partial charge in [-0.3, -0.25) is 4.79 Å². The third kappa shape index (κ3) is 5.53. The third-order valence-corrected chi connectivity index (χ3v) is 7.68. The molecule has 0 aliphatic carbocycles. The van der Waals surface area contributed by atoms with Crippen molar-refractivity contribution >= 4 is 41.1 Å². The van der Waals surface area contributed by atoms with E-state index in [0.717, 1.165) is 43.4 Å². The van der Waals surface area contributed by atoms with Crippen molar-refractivity contribution in [2.75, 3.05) is 24.4 Å². The summed E-state index contributed by atoms with van der Waals surface area (Å²) in [6, 6.07) is 17.9. The molecule has 0 bridgehead atoms. The SMILES string of the molecule is CCOC(=O)C1(NC(=O)c2ccc(-c3cccc(NSc4cc(C)c(Cl)cc4C)c3)cc2C)CNC1. The van der Waals surface area contributed by atoms with Crippen LogP contribution in [0.1, 0.15) is 34.0 Å². The highest BCUT2D eigenvalue weighted by atomic mass is 35.5. The fraction of sp³-hybridized carbons (Fsp3) is 0.286. The summed E-state index contributed by atoms with van der Waals surface area (Å²) in [5.74, 6) is -0.688. The standard InChI is InChI=1S/C28H30ClN3O3S/c1-5-35-27(34)28(15-30-16-28)31-26(33)23-10-9-21(11-17(23)2)20-7-6-8-22(14-20)32-36-25-13-18(3)24(29)12-19(25)4/h6-14,30,32H,5,15-16H2,1-4H3,(H,31,33). The van der Waals surface area contributed by atoms with Crippen molar-refractivity contribution in [2.24, 2.45) is 0 Å². The number of hydrogen-bond donors (Lipinski definition) is 3. The Morgan fingerprint density at radius 3 is 2.42 bits per heavy atom. The molecular formula is C28H30ClN3O3S. The molecule has 1 saturated heterocycles. The van der Waals surface area contributed by atoms with Gasteiger partial charge in [-0.25, -0.2) is 4.79 Å². The van der Waals surface area contributed by atoms with Crippen LogP contribution in [0.25, 0.3) is 11.1 Å². The van der Waals surface area contributed by atoms with E-state index < -0.39 is 11.5 Å². The topological polar surface area (TPSA) is 79.5 Å². The van der Waals surface area contributed by atoms with Crippen LogP contribution in [0.5, 0.6) is 0 Å². The average Bonchev–Trinajstić information content (AvgIpc) is 2.83. The minimum absolute atomic E-state index is 0.273. The lowest BCUT2D eigenvalue weighted by atomic mass is 9.91. The summed E-state index contributed by atoms with van der Waals surface area (Å²) >= 11 is 7.78. The number of halogens is 1. The van der Waals surface area contributed by atoms with Gasteiger partial charge in [-0.1, -0.05) is 35.9 Å². The van der Waals surface area contributed by atoms with Crippen LogP contribution in [-0.2, 0) is 9.53 Å². The van der Waals surface area contributed by atoms with Crippen molar-refractivity contribution in [1.29, 1.82) is 0 Å². The third-order valence-electron chi connectivity index (χ3n) is 6.27. The second-order valence-corrected chi connectivity index (χ2v) is 10.3. The van der Waals surface area contributed by atoms with E-state index in [1.165, 1.54) is 0 Å². The van der Waals surface area contributed by atoms with Gasteiger partial charge in [0.1, 0.15) is 0 Å². The Bertz CT molecular complexity index is 1310. The predicted octanol–water partition coefficient (Wildman–Crippen LogP) is 5.69. The summed E-state index contributed by atoms with van der Waals surface area (Å²) < 4.78 is 8.58. The van der Waals surface area contributed by atoms with E-state index in [-0.39, 0.29) is 12.5 Å². The first-order chi connectivity index (χ1) is 17.2. The number of amides is 1. The quantitative estimate of drug-likeness (QED) is 0.260. The number of nitrogens with one attached hydrogen (secondary N) is 3. The lowest BCUT2D eigenvalue weighted by Crippen LogP contribution is -2.73. The molecule has 1 fully saturated rings. The molecule has 0 aromatic heterocycles.